The Hall–Kier alpha value is -2.22. The van der Waals surface area contributed by atoms with E-state index in [9.17, 15) is 9.59 Å². The van der Waals surface area contributed by atoms with Gasteiger partial charge in [-0.15, -0.1) is 11.3 Å². The molecule has 2 N–H and O–H groups in total. The van der Waals surface area contributed by atoms with E-state index >= 15 is 0 Å². The quantitative estimate of drug-likeness (QED) is 0.872. The number of thiazole rings is 1. The molecule has 0 aliphatic carbocycles. The minimum atomic E-state index is -1.47. The second-order valence-electron chi connectivity index (χ2n) is 3.45. The van der Waals surface area contributed by atoms with Crippen molar-refractivity contribution in [1.29, 1.82) is 0 Å². The van der Waals surface area contributed by atoms with E-state index in [0.717, 1.165) is 5.01 Å². The van der Waals surface area contributed by atoms with Crippen LogP contribution in [0.15, 0.2) is 4.42 Å². The van der Waals surface area contributed by atoms with Gasteiger partial charge in [0.05, 0.1) is 10.7 Å². The number of aromatic nitrogens is 2. The molecule has 7 nitrogen and oxygen atoms in total. The van der Waals surface area contributed by atoms with Crippen LogP contribution in [0.3, 0.4) is 0 Å². The summed E-state index contributed by atoms with van der Waals surface area (Å²) in [6, 6.07) is 0. The molecule has 2 heterocycles. The fourth-order valence-electron chi connectivity index (χ4n) is 1.44. The molecule has 2 aromatic rings. The Morgan fingerprint density at radius 1 is 1.17 bits per heavy atom. The number of aromatic carboxylic acids is 2. The molecule has 0 aliphatic rings. The summed E-state index contributed by atoms with van der Waals surface area (Å²) in [7, 11) is 0. The van der Waals surface area contributed by atoms with Crippen LogP contribution in [0.5, 0.6) is 0 Å². The van der Waals surface area contributed by atoms with Crippen LogP contribution in [0.1, 0.15) is 31.7 Å². The first-order valence-electron chi connectivity index (χ1n) is 4.82. The highest BCUT2D eigenvalue weighted by atomic mass is 32.1. The third-order valence-corrected chi connectivity index (χ3v) is 3.18. The Kier molecular flexibility index (Phi) is 2.87. The molecular weight excluding hydrogens is 260 g/mol. The number of carbonyl (C=O) groups is 2. The Morgan fingerprint density at radius 3 is 2.22 bits per heavy atom. The average Bonchev–Trinajstić information content (AvgIpc) is 2.81. The molecule has 94 valence electrons. The van der Waals surface area contributed by atoms with Gasteiger partial charge in [-0.25, -0.2) is 19.6 Å². The summed E-state index contributed by atoms with van der Waals surface area (Å²) in [5.41, 5.74) is 0.00980. The molecule has 18 heavy (non-hydrogen) atoms. The van der Waals surface area contributed by atoms with Crippen LogP contribution < -0.4 is 0 Å². The predicted molar refractivity (Wildman–Crippen MR) is 61.0 cm³/mol. The van der Waals surface area contributed by atoms with Gasteiger partial charge in [-0.05, 0) is 13.8 Å². The van der Waals surface area contributed by atoms with Crippen molar-refractivity contribution >= 4 is 23.3 Å². The van der Waals surface area contributed by atoms with Gasteiger partial charge < -0.3 is 14.6 Å². The van der Waals surface area contributed by atoms with Crippen molar-refractivity contribution < 1.29 is 24.2 Å². The maximum absolute atomic E-state index is 10.9. The van der Waals surface area contributed by atoms with E-state index in [-0.39, 0.29) is 5.89 Å². The second-order valence-corrected chi connectivity index (χ2v) is 4.66. The third-order valence-electron chi connectivity index (χ3n) is 2.12. The Morgan fingerprint density at radius 2 is 1.83 bits per heavy atom. The van der Waals surface area contributed by atoms with Crippen LogP contribution in [0.2, 0.25) is 0 Å². The lowest BCUT2D eigenvalue weighted by Crippen LogP contribution is -2.05. The number of oxazole rings is 1. The van der Waals surface area contributed by atoms with Crippen LogP contribution >= 0.6 is 11.3 Å². The van der Waals surface area contributed by atoms with E-state index in [2.05, 4.69) is 9.97 Å². The number of nitrogens with zero attached hydrogens (tertiary/aromatic N) is 2. The lowest BCUT2D eigenvalue weighted by atomic mass is 10.3. The van der Waals surface area contributed by atoms with Crippen molar-refractivity contribution in [2.75, 3.05) is 0 Å². The topological polar surface area (TPSA) is 114 Å². The van der Waals surface area contributed by atoms with Crippen molar-refractivity contribution in [2.24, 2.45) is 0 Å². The summed E-state index contributed by atoms with van der Waals surface area (Å²) >= 11 is 1.26. The maximum Gasteiger partial charge on any atom is 0.374 e. The van der Waals surface area contributed by atoms with Crippen molar-refractivity contribution in [3.8, 4) is 10.8 Å². The van der Waals surface area contributed by atoms with Crippen LogP contribution in [-0.2, 0) is 0 Å². The van der Waals surface area contributed by atoms with Crippen LogP contribution in [0.25, 0.3) is 10.8 Å². The first-order chi connectivity index (χ1) is 8.40. The molecule has 0 fully saturated rings. The van der Waals surface area contributed by atoms with Gasteiger partial charge in [-0.1, -0.05) is 0 Å². The molecule has 0 bridgehead atoms. The molecular formula is C10H8N2O5S. The molecule has 0 aromatic carbocycles. The smallest absolute Gasteiger partial charge is 0.374 e. The lowest BCUT2D eigenvalue weighted by molar-refractivity contribution is 0.0624. The molecule has 0 atom stereocenters. The molecule has 0 radical (unpaired) electrons. The standard InChI is InChI=1S/C10H8N2O5S/c1-3-7(18-4(2)11-3)8-12-5(9(13)14)6(17-8)10(15)16/h1-2H3,(H,13,14)(H,15,16). The normalized spacial score (nSPS) is 10.6. The van der Waals surface area contributed by atoms with Crippen LogP contribution in [-0.4, -0.2) is 32.1 Å². The van der Waals surface area contributed by atoms with E-state index in [1.54, 1.807) is 13.8 Å². The van der Waals surface area contributed by atoms with Crippen molar-refractivity contribution in [3.63, 3.8) is 0 Å². The van der Waals surface area contributed by atoms with Gasteiger partial charge in [-0.2, -0.15) is 0 Å². The van der Waals surface area contributed by atoms with E-state index < -0.39 is 23.4 Å². The summed E-state index contributed by atoms with van der Waals surface area (Å²) in [4.78, 5) is 30.1. The zero-order valence-electron chi connectivity index (χ0n) is 9.42. The highest BCUT2D eigenvalue weighted by Crippen LogP contribution is 2.30. The molecule has 2 rings (SSSR count). The largest absolute Gasteiger partial charge is 0.476 e. The molecule has 0 amide bonds. The van der Waals surface area contributed by atoms with E-state index in [1.165, 1.54) is 11.3 Å². The Bertz CT molecular complexity index is 611. The monoisotopic (exact) mass is 268 g/mol. The van der Waals surface area contributed by atoms with Crippen molar-refractivity contribution in [1.82, 2.24) is 9.97 Å². The van der Waals surface area contributed by atoms with E-state index in [1.807, 2.05) is 0 Å². The fourth-order valence-corrected chi connectivity index (χ4v) is 2.28. The van der Waals surface area contributed by atoms with Crippen LogP contribution in [0, 0.1) is 13.8 Å². The molecule has 0 saturated heterocycles. The van der Waals surface area contributed by atoms with Crippen LogP contribution in [0.4, 0.5) is 0 Å². The first-order valence-corrected chi connectivity index (χ1v) is 5.63. The number of rotatable bonds is 3. The second kappa shape index (κ2) is 4.22. The fraction of sp³-hybridized carbons (Fsp3) is 0.200. The predicted octanol–water partition coefficient (Wildman–Crippen LogP) is 1.81. The zero-order valence-corrected chi connectivity index (χ0v) is 10.2. The Balaban J connectivity index is 2.60. The van der Waals surface area contributed by atoms with E-state index in [4.69, 9.17) is 14.6 Å². The number of carboxylic acids is 2. The summed E-state index contributed by atoms with van der Waals surface area (Å²) in [6.45, 7) is 3.49. The van der Waals surface area contributed by atoms with Gasteiger partial charge in [0, 0.05) is 0 Å². The number of aryl methyl sites for hydroxylation is 2. The minimum absolute atomic E-state index is 0.0344. The molecule has 8 heteroatoms. The van der Waals surface area contributed by atoms with Gasteiger partial charge in [0.25, 0.3) is 0 Å². The first kappa shape index (κ1) is 12.2. The summed E-state index contributed by atoms with van der Waals surface area (Å²) in [6.07, 6.45) is 0. The summed E-state index contributed by atoms with van der Waals surface area (Å²) < 4.78 is 5.00. The lowest BCUT2D eigenvalue weighted by Gasteiger charge is -1.89. The average molecular weight is 268 g/mol. The van der Waals surface area contributed by atoms with Gasteiger partial charge in [-0.3, -0.25) is 0 Å². The maximum atomic E-state index is 10.9. The Labute approximate surface area is 105 Å². The number of hydrogen-bond donors (Lipinski definition) is 2. The van der Waals surface area contributed by atoms with Crippen molar-refractivity contribution in [2.45, 2.75) is 13.8 Å². The van der Waals surface area contributed by atoms with Crippen molar-refractivity contribution in [3.05, 3.63) is 22.2 Å². The minimum Gasteiger partial charge on any atom is -0.476 e. The molecule has 0 aliphatic heterocycles. The number of carboxylic acid groups (broad SMARTS) is 2. The summed E-state index contributed by atoms with van der Waals surface area (Å²) in [5.74, 6) is -3.62. The third kappa shape index (κ3) is 1.97. The molecule has 0 unspecified atom stereocenters. The van der Waals surface area contributed by atoms with Gasteiger partial charge in [0.2, 0.25) is 17.3 Å². The number of hydrogen-bond acceptors (Lipinski definition) is 6. The molecule has 0 spiro atoms. The highest BCUT2D eigenvalue weighted by Gasteiger charge is 2.26. The SMILES string of the molecule is Cc1nc(C)c(-c2nc(C(=O)O)c(C(=O)O)o2)s1. The molecule has 2 aromatic heterocycles. The molecule has 0 saturated carbocycles. The summed E-state index contributed by atoms with van der Waals surface area (Å²) in [5, 5.41) is 18.4. The van der Waals surface area contributed by atoms with Gasteiger partial charge in [0.1, 0.15) is 4.88 Å². The van der Waals surface area contributed by atoms with E-state index in [0.29, 0.717) is 10.6 Å². The highest BCUT2D eigenvalue weighted by molar-refractivity contribution is 7.15. The van der Waals surface area contributed by atoms with Gasteiger partial charge in [0.15, 0.2) is 0 Å². The zero-order chi connectivity index (χ0) is 13.4. The van der Waals surface area contributed by atoms with Gasteiger partial charge >= 0.3 is 11.9 Å².